The molecule has 0 aliphatic carbocycles. The summed E-state index contributed by atoms with van der Waals surface area (Å²) in [6.07, 6.45) is 3.07. The van der Waals surface area contributed by atoms with Gasteiger partial charge < -0.3 is 9.42 Å². The van der Waals surface area contributed by atoms with Crippen LogP contribution in [0.5, 0.6) is 0 Å². The van der Waals surface area contributed by atoms with Gasteiger partial charge in [0.05, 0.1) is 12.3 Å². The molecule has 4 nitrogen and oxygen atoms in total. The van der Waals surface area contributed by atoms with E-state index in [0.717, 1.165) is 41.8 Å². The Labute approximate surface area is 168 Å². The zero-order valence-corrected chi connectivity index (χ0v) is 18.2. The van der Waals surface area contributed by atoms with Crippen molar-refractivity contribution < 1.29 is 13.9 Å². The number of rotatable bonds is 7. The smallest absolute Gasteiger partial charge is 0.227 e. The van der Waals surface area contributed by atoms with Crippen molar-refractivity contribution in [2.75, 3.05) is 18.6 Å². The number of nitrogens with zero attached hydrogens (tertiary/aromatic N) is 1. The Balaban J connectivity index is 1.83. The molecule has 0 N–H and O–H groups in total. The molecule has 1 unspecified atom stereocenters. The Kier molecular flexibility index (Phi) is 6.42. The van der Waals surface area contributed by atoms with Gasteiger partial charge >= 0.3 is 0 Å². The molecule has 1 amide bonds. The molecule has 2 aromatic carbocycles. The van der Waals surface area contributed by atoms with E-state index in [1.54, 1.807) is 7.11 Å². The molecule has 5 heteroatoms. The first-order chi connectivity index (χ1) is 13.3. The quantitative estimate of drug-likeness (QED) is 0.568. The van der Waals surface area contributed by atoms with E-state index in [9.17, 15) is 9.36 Å². The summed E-state index contributed by atoms with van der Waals surface area (Å²) >= 11 is 0. The first kappa shape index (κ1) is 20.8. The maximum absolute atomic E-state index is 13.5. The van der Waals surface area contributed by atoms with Gasteiger partial charge in [-0.25, -0.2) is 0 Å². The molecule has 0 spiro atoms. The Morgan fingerprint density at radius 1 is 1.07 bits per heavy atom. The van der Waals surface area contributed by atoms with Gasteiger partial charge in [-0.1, -0.05) is 42.8 Å². The lowest BCUT2D eigenvalue weighted by Gasteiger charge is -2.30. The molecule has 1 heterocycles. The number of carbonyl (C=O) groups is 1. The average Bonchev–Trinajstić information content (AvgIpc) is 2.66. The van der Waals surface area contributed by atoms with E-state index in [1.165, 1.54) is 11.1 Å². The van der Waals surface area contributed by atoms with Gasteiger partial charge in [0.2, 0.25) is 13.3 Å². The standard InChI is InChI=1S/C23H30NO3P/c1-5-12-24-22-10-7-19(14-20(22)9-11-23(24)25)15-28(26,27-4)16-21-8-6-17(2)13-18(21)3/h6-8,10,13-14H,5,9,11-12,15-16H2,1-4H3. The third kappa shape index (κ3) is 4.56. The van der Waals surface area contributed by atoms with E-state index in [1.807, 2.05) is 17.0 Å². The van der Waals surface area contributed by atoms with Gasteiger partial charge in [0.15, 0.2) is 0 Å². The highest BCUT2D eigenvalue weighted by molar-refractivity contribution is 7.57. The van der Waals surface area contributed by atoms with Gasteiger partial charge in [0, 0.05) is 25.8 Å². The molecule has 0 bridgehead atoms. The van der Waals surface area contributed by atoms with Crippen LogP contribution in [0, 0.1) is 13.8 Å². The Hall–Kier alpha value is -1.90. The lowest BCUT2D eigenvalue weighted by Crippen LogP contribution is -2.35. The first-order valence-corrected chi connectivity index (χ1v) is 12.0. The van der Waals surface area contributed by atoms with E-state index >= 15 is 0 Å². The van der Waals surface area contributed by atoms with Crippen LogP contribution >= 0.6 is 7.37 Å². The summed E-state index contributed by atoms with van der Waals surface area (Å²) in [5, 5.41) is 0. The third-order valence-electron chi connectivity index (χ3n) is 5.46. The lowest BCUT2D eigenvalue weighted by molar-refractivity contribution is -0.118. The van der Waals surface area contributed by atoms with Crippen LogP contribution < -0.4 is 4.90 Å². The third-order valence-corrected chi connectivity index (χ3v) is 7.79. The van der Waals surface area contributed by atoms with Crippen LogP contribution in [-0.2, 0) is 32.6 Å². The highest BCUT2D eigenvalue weighted by Gasteiger charge is 2.27. The summed E-state index contributed by atoms with van der Waals surface area (Å²) in [4.78, 5) is 14.1. The highest BCUT2D eigenvalue weighted by Crippen LogP contribution is 2.53. The maximum atomic E-state index is 13.5. The highest BCUT2D eigenvalue weighted by atomic mass is 31.2. The number of anilines is 1. The molecular formula is C23H30NO3P. The molecule has 1 aliphatic rings. The summed E-state index contributed by atoms with van der Waals surface area (Å²) in [6, 6.07) is 12.3. The molecule has 2 aromatic rings. The van der Waals surface area contributed by atoms with Crippen LogP contribution in [0.4, 0.5) is 5.69 Å². The zero-order valence-electron chi connectivity index (χ0n) is 17.3. The van der Waals surface area contributed by atoms with E-state index < -0.39 is 7.37 Å². The van der Waals surface area contributed by atoms with Gasteiger partial charge in [-0.3, -0.25) is 9.36 Å². The fraction of sp³-hybridized carbons (Fsp3) is 0.435. The van der Waals surface area contributed by atoms with Gasteiger partial charge in [-0.05, 0) is 55.0 Å². The predicted octanol–water partition coefficient (Wildman–Crippen LogP) is 5.62. The van der Waals surface area contributed by atoms with Crippen molar-refractivity contribution in [1.29, 1.82) is 0 Å². The van der Waals surface area contributed by atoms with E-state index in [0.29, 0.717) is 18.7 Å². The van der Waals surface area contributed by atoms with Gasteiger partial charge in [0.25, 0.3) is 0 Å². The van der Waals surface area contributed by atoms with Crippen LogP contribution in [0.25, 0.3) is 0 Å². The zero-order chi connectivity index (χ0) is 20.3. The molecule has 0 saturated heterocycles. The molecule has 150 valence electrons. The number of aryl methyl sites for hydroxylation is 3. The molecule has 1 atom stereocenters. The first-order valence-electron chi connectivity index (χ1n) is 9.97. The van der Waals surface area contributed by atoms with Crippen molar-refractivity contribution in [2.45, 2.75) is 52.4 Å². The number of fused-ring (bicyclic) bond motifs is 1. The number of benzene rings is 2. The fourth-order valence-corrected chi connectivity index (χ4v) is 5.92. The summed E-state index contributed by atoms with van der Waals surface area (Å²) in [5.41, 5.74) is 6.61. The molecule has 28 heavy (non-hydrogen) atoms. The number of carbonyl (C=O) groups excluding carboxylic acids is 1. The van der Waals surface area contributed by atoms with Gasteiger partial charge in [-0.2, -0.15) is 0 Å². The number of amides is 1. The average molecular weight is 399 g/mol. The monoisotopic (exact) mass is 399 g/mol. The number of hydrogen-bond donors (Lipinski definition) is 0. The SMILES string of the molecule is CCCN1C(=O)CCc2cc(CP(=O)(Cc3ccc(C)cc3C)OC)ccc21. The molecule has 0 aromatic heterocycles. The van der Waals surface area contributed by atoms with E-state index in [2.05, 4.69) is 45.0 Å². The van der Waals surface area contributed by atoms with Crippen LogP contribution in [0.1, 0.15) is 47.6 Å². The van der Waals surface area contributed by atoms with E-state index in [-0.39, 0.29) is 5.91 Å². The van der Waals surface area contributed by atoms with Crippen LogP contribution in [-0.4, -0.2) is 19.6 Å². The van der Waals surface area contributed by atoms with Crippen LogP contribution in [0.3, 0.4) is 0 Å². The Morgan fingerprint density at radius 2 is 1.86 bits per heavy atom. The van der Waals surface area contributed by atoms with Crippen molar-refractivity contribution >= 4 is 19.0 Å². The maximum Gasteiger partial charge on any atom is 0.227 e. The molecule has 0 saturated carbocycles. The Bertz CT molecular complexity index is 922. The van der Waals surface area contributed by atoms with Crippen molar-refractivity contribution in [3.63, 3.8) is 0 Å². The van der Waals surface area contributed by atoms with Crippen molar-refractivity contribution in [1.82, 2.24) is 0 Å². The molecular weight excluding hydrogens is 369 g/mol. The molecule has 0 radical (unpaired) electrons. The summed E-state index contributed by atoms with van der Waals surface area (Å²) in [7, 11) is -1.30. The van der Waals surface area contributed by atoms with Crippen molar-refractivity contribution in [3.05, 3.63) is 64.2 Å². The molecule has 3 rings (SSSR count). The van der Waals surface area contributed by atoms with E-state index in [4.69, 9.17) is 4.52 Å². The second kappa shape index (κ2) is 8.63. The second-order valence-corrected chi connectivity index (χ2v) is 10.4. The molecule has 0 fully saturated rings. The summed E-state index contributed by atoms with van der Waals surface area (Å²) in [5.74, 6) is 0.194. The lowest BCUT2D eigenvalue weighted by atomic mass is 9.99. The van der Waals surface area contributed by atoms with Gasteiger partial charge in [-0.15, -0.1) is 0 Å². The summed E-state index contributed by atoms with van der Waals surface area (Å²) < 4.78 is 19.0. The topological polar surface area (TPSA) is 46.6 Å². The van der Waals surface area contributed by atoms with Crippen LogP contribution in [0.2, 0.25) is 0 Å². The predicted molar refractivity (Wildman–Crippen MR) is 115 cm³/mol. The normalized spacial score (nSPS) is 16.0. The minimum absolute atomic E-state index is 0.194. The largest absolute Gasteiger partial charge is 0.331 e. The minimum atomic E-state index is -2.84. The molecule has 1 aliphatic heterocycles. The van der Waals surface area contributed by atoms with Crippen molar-refractivity contribution in [2.24, 2.45) is 0 Å². The Morgan fingerprint density at radius 3 is 2.54 bits per heavy atom. The second-order valence-electron chi connectivity index (χ2n) is 7.75. The van der Waals surface area contributed by atoms with Crippen molar-refractivity contribution in [3.8, 4) is 0 Å². The number of hydrogen-bond acceptors (Lipinski definition) is 3. The minimum Gasteiger partial charge on any atom is -0.331 e. The van der Waals surface area contributed by atoms with Gasteiger partial charge in [0.1, 0.15) is 0 Å². The summed E-state index contributed by atoms with van der Waals surface area (Å²) in [6.45, 7) is 6.94. The fourth-order valence-electron chi connectivity index (χ4n) is 3.93. The van der Waals surface area contributed by atoms with Crippen LogP contribution in [0.15, 0.2) is 36.4 Å².